The summed E-state index contributed by atoms with van der Waals surface area (Å²) in [5.41, 5.74) is 1.00. The molecule has 0 amide bonds. The molecule has 0 aliphatic rings. The molecule has 140 valence electrons. The lowest BCUT2D eigenvalue weighted by Gasteiger charge is -2.13. The van der Waals surface area contributed by atoms with Crippen LogP contribution in [0.15, 0.2) is 65.5 Å². The van der Waals surface area contributed by atoms with E-state index in [1.165, 1.54) is 12.1 Å². The first-order valence-corrected chi connectivity index (χ1v) is 9.13. The minimum absolute atomic E-state index is 0.0854. The maximum Gasteiger partial charge on any atom is 0.259 e. The van der Waals surface area contributed by atoms with Crippen LogP contribution in [0.1, 0.15) is 5.56 Å². The second kappa shape index (κ2) is 7.62. The average molecular weight is 415 g/mol. The van der Waals surface area contributed by atoms with Gasteiger partial charge in [0, 0.05) is 10.6 Å². The van der Waals surface area contributed by atoms with Crippen molar-refractivity contribution in [2.45, 2.75) is 6.61 Å². The van der Waals surface area contributed by atoms with Gasteiger partial charge in [-0.15, -0.1) is 0 Å². The molecule has 1 N–H and O–H groups in total. The zero-order chi connectivity index (χ0) is 19.7. The molecule has 28 heavy (non-hydrogen) atoms. The third-order valence-corrected chi connectivity index (χ3v) is 4.83. The minimum Gasteiger partial charge on any atom is -0.488 e. The van der Waals surface area contributed by atoms with Gasteiger partial charge in [0.2, 0.25) is 0 Å². The van der Waals surface area contributed by atoms with E-state index >= 15 is 0 Å². The van der Waals surface area contributed by atoms with E-state index in [0.29, 0.717) is 33.1 Å². The van der Waals surface area contributed by atoms with Crippen molar-refractivity contribution < 1.29 is 9.13 Å². The summed E-state index contributed by atoms with van der Waals surface area (Å²) in [6, 6.07) is 16.4. The molecule has 1 heterocycles. The van der Waals surface area contributed by atoms with Crippen molar-refractivity contribution >= 4 is 34.1 Å². The minimum atomic E-state index is -0.458. The molecule has 7 heteroatoms. The van der Waals surface area contributed by atoms with Crippen LogP contribution in [-0.2, 0) is 6.61 Å². The number of benzene rings is 3. The molecule has 0 radical (unpaired) electrons. The molecule has 0 spiro atoms. The lowest BCUT2D eigenvalue weighted by molar-refractivity contribution is 0.301. The third kappa shape index (κ3) is 3.59. The Bertz CT molecular complexity index is 1220. The van der Waals surface area contributed by atoms with E-state index in [4.69, 9.17) is 27.9 Å². The predicted molar refractivity (Wildman–Crippen MR) is 109 cm³/mol. The van der Waals surface area contributed by atoms with Gasteiger partial charge in [-0.1, -0.05) is 41.4 Å². The van der Waals surface area contributed by atoms with Crippen molar-refractivity contribution in [3.8, 4) is 17.1 Å². The Balaban J connectivity index is 1.76. The third-order valence-electron chi connectivity index (χ3n) is 4.24. The molecular weight excluding hydrogens is 402 g/mol. The molecule has 0 atom stereocenters. The fourth-order valence-corrected chi connectivity index (χ4v) is 3.24. The van der Waals surface area contributed by atoms with Gasteiger partial charge in [0.1, 0.15) is 24.0 Å². The van der Waals surface area contributed by atoms with Gasteiger partial charge < -0.3 is 9.72 Å². The number of ether oxygens (including phenoxy) is 1. The zero-order valence-electron chi connectivity index (χ0n) is 14.4. The van der Waals surface area contributed by atoms with Crippen LogP contribution in [0.5, 0.6) is 5.75 Å². The molecule has 4 nitrogen and oxygen atoms in total. The second-order valence-corrected chi connectivity index (χ2v) is 6.90. The first-order chi connectivity index (χ1) is 13.5. The van der Waals surface area contributed by atoms with Crippen molar-refractivity contribution in [3.63, 3.8) is 0 Å². The summed E-state index contributed by atoms with van der Waals surface area (Å²) in [4.78, 5) is 19.7. The molecule has 3 aromatic carbocycles. The highest BCUT2D eigenvalue weighted by molar-refractivity contribution is 6.31. The van der Waals surface area contributed by atoms with E-state index in [-0.39, 0.29) is 22.8 Å². The number of aromatic nitrogens is 2. The predicted octanol–water partition coefficient (Wildman–Crippen LogP) is 5.62. The highest BCUT2D eigenvalue weighted by atomic mass is 35.5. The highest BCUT2D eigenvalue weighted by Crippen LogP contribution is 2.32. The van der Waals surface area contributed by atoms with Gasteiger partial charge in [0.05, 0.1) is 21.5 Å². The molecule has 0 aliphatic carbocycles. The summed E-state index contributed by atoms with van der Waals surface area (Å²) in [5, 5.41) is 1.20. The van der Waals surface area contributed by atoms with Gasteiger partial charge >= 0.3 is 0 Å². The maximum absolute atomic E-state index is 14.0. The molecule has 4 rings (SSSR count). The van der Waals surface area contributed by atoms with E-state index in [1.807, 2.05) is 0 Å². The first kappa shape index (κ1) is 18.5. The smallest absolute Gasteiger partial charge is 0.259 e. The van der Waals surface area contributed by atoms with E-state index < -0.39 is 5.82 Å². The summed E-state index contributed by atoms with van der Waals surface area (Å²) in [6.07, 6.45) is 0. The van der Waals surface area contributed by atoms with E-state index in [2.05, 4.69) is 9.97 Å². The fourth-order valence-electron chi connectivity index (χ4n) is 2.85. The largest absolute Gasteiger partial charge is 0.488 e. The number of para-hydroxylation sites is 1. The van der Waals surface area contributed by atoms with Crippen molar-refractivity contribution in [2.75, 3.05) is 0 Å². The second-order valence-electron chi connectivity index (χ2n) is 6.06. The van der Waals surface area contributed by atoms with Crippen LogP contribution in [0, 0.1) is 5.82 Å². The zero-order valence-corrected chi connectivity index (χ0v) is 15.9. The lowest BCUT2D eigenvalue weighted by atomic mass is 10.1. The number of aromatic amines is 1. The number of nitrogens with one attached hydrogen (secondary N) is 1. The molecular formula is C21H13Cl2FN2O2. The SMILES string of the molecule is O=c1[nH]c(-c2cc(Cl)ccc2OCc2c(F)cccc2Cl)nc2ccccc12. The average Bonchev–Trinajstić information content (AvgIpc) is 2.68. The number of halogens is 3. The Kier molecular flexibility index (Phi) is 5.03. The van der Waals surface area contributed by atoms with Crippen LogP contribution in [0.2, 0.25) is 10.0 Å². The fraction of sp³-hybridized carbons (Fsp3) is 0.0476. The molecule has 0 aliphatic heterocycles. The van der Waals surface area contributed by atoms with Crippen molar-refractivity contribution in [2.24, 2.45) is 0 Å². The number of fused-ring (bicyclic) bond motifs is 1. The number of nitrogens with zero attached hydrogens (tertiary/aromatic N) is 1. The molecule has 0 saturated carbocycles. The van der Waals surface area contributed by atoms with Gasteiger partial charge in [-0.2, -0.15) is 0 Å². The Morgan fingerprint density at radius 1 is 1.04 bits per heavy atom. The quantitative estimate of drug-likeness (QED) is 0.471. The van der Waals surface area contributed by atoms with Crippen molar-refractivity contribution in [1.82, 2.24) is 9.97 Å². The molecule has 0 fully saturated rings. The Morgan fingerprint density at radius 3 is 2.68 bits per heavy atom. The summed E-state index contributed by atoms with van der Waals surface area (Å²) >= 11 is 12.2. The van der Waals surface area contributed by atoms with Gasteiger partial charge in [0.25, 0.3) is 5.56 Å². The molecule has 1 aromatic heterocycles. The monoisotopic (exact) mass is 414 g/mol. The van der Waals surface area contributed by atoms with Crippen LogP contribution in [0.3, 0.4) is 0 Å². The lowest BCUT2D eigenvalue weighted by Crippen LogP contribution is -2.10. The van der Waals surface area contributed by atoms with Gasteiger partial charge in [-0.25, -0.2) is 9.37 Å². The summed E-state index contributed by atoms with van der Waals surface area (Å²) < 4.78 is 19.8. The topological polar surface area (TPSA) is 55.0 Å². The van der Waals surface area contributed by atoms with Crippen LogP contribution < -0.4 is 10.3 Å². The van der Waals surface area contributed by atoms with Crippen molar-refractivity contribution in [1.29, 1.82) is 0 Å². The van der Waals surface area contributed by atoms with Crippen LogP contribution >= 0.6 is 23.2 Å². The Hall–Kier alpha value is -2.89. The van der Waals surface area contributed by atoms with Gasteiger partial charge in [0.15, 0.2) is 0 Å². The number of H-pyrrole nitrogens is 1. The standard InChI is InChI=1S/C21H13Cl2FN2O2/c22-12-8-9-19(28-11-15-16(23)5-3-6-17(15)24)14(10-12)20-25-18-7-2-1-4-13(18)21(27)26-20/h1-10H,11H2,(H,25,26,27). The van der Waals surface area contributed by atoms with Gasteiger partial charge in [-0.3, -0.25) is 4.79 Å². The number of hydrogen-bond acceptors (Lipinski definition) is 3. The molecule has 0 saturated heterocycles. The Labute approximate surface area is 169 Å². The summed E-state index contributed by atoms with van der Waals surface area (Å²) in [6.45, 7) is -0.0854. The van der Waals surface area contributed by atoms with Crippen LogP contribution in [-0.4, -0.2) is 9.97 Å². The van der Waals surface area contributed by atoms with Gasteiger partial charge in [-0.05, 0) is 42.5 Å². The first-order valence-electron chi connectivity index (χ1n) is 8.37. The number of hydrogen-bond donors (Lipinski definition) is 1. The van der Waals surface area contributed by atoms with E-state index in [1.54, 1.807) is 48.5 Å². The molecule has 0 unspecified atom stereocenters. The molecule has 4 aromatic rings. The summed E-state index contributed by atoms with van der Waals surface area (Å²) in [7, 11) is 0. The Morgan fingerprint density at radius 2 is 1.86 bits per heavy atom. The van der Waals surface area contributed by atoms with Crippen molar-refractivity contribution in [3.05, 3.63) is 92.4 Å². The van der Waals surface area contributed by atoms with E-state index in [0.717, 1.165) is 0 Å². The normalized spacial score (nSPS) is 11.0. The van der Waals surface area contributed by atoms with Crippen LogP contribution in [0.4, 0.5) is 4.39 Å². The molecule has 0 bridgehead atoms. The van der Waals surface area contributed by atoms with Crippen LogP contribution in [0.25, 0.3) is 22.3 Å². The maximum atomic E-state index is 14.0. The summed E-state index contributed by atoms with van der Waals surface area (Å²) in [5.74, 6) is 0.239. The number of rotatable bonds is 4. The highest BCUT2D eigenvalue weighted by Gasteiger charge is 2.14. The van der Waals surface area contributed by atoms with E-state index in [9.17, 15) is 9.18 Å².